The van der Waals surface area contributed by atoms with Crippen molar-refractivity contribution in [2.24, 2.45) is 11.7 Å². The number of piperidine rings is 1. The maximum Gasteiger partial charge on any atom is 0.251 e. The molecule has 2 heterocycles. The normalized spacial score (nSPS) is 22.8. The molecule has 0 saturated carbocycles. The van der Waals surface area contributed by atoms with Crippen LogP contribution in [0.25, 0.3) is 0 Å². The van der Waals surface area contributed by atoms with Crippen LogP contribution in [0.5, 0.6) is 0 Å². The van der Waals surface area contributed by atoms with Crippen molar-refractivity contribution in [2.75, 3.05) is 6.54 Å². The Morgan fingerprint density at radius 1 is 0.970 bits per heavy atom. The van der Waals surface area contributed by atoms with Gasteiger partial charge in [-0.25, -0.2) is 17.6 Å². The number of nitrogens with zero attached hydrogens (tertiary/aromatic N) is 1. The van der Waals surface area contributed by atoms with Crippen molar-refractivity contribution >= 4 is 11.8 Å². The van der Waals surface area contributed by atoms with Crippen LogP contribution >= 0.6 is 0 Å². The zero-order valence-electron chi connectivity index (χ0n) is 17.9. The Kier molecular flexibility index (Phi) is 6.69. The first-order valence-corrected chi connectivity index (χ1v) is 11.0. The molecule has 0 aliphatic carbocycles. The lowest BCUT2D eigenvalue weighted by molar-refractivity contribution is -0.135. The summed E-state index contributed by atoms with van der Waals surface area (Å²) in [5.41, 5.74) is 6.62. The van der Waals surface area contributed by atoms with Crippen molar-refractivity contribution in [3.05, 3.63) is 70.8 Å². The van der Waals surface area contributed by atoms with Gasteiger partial charge in [-0.1, -0.05) is 0 Å². The van der Waals surface area contributed by atoms with E-state index in [1.54, 1.807) is 4.90 Å². The third-order valence-electron chi connectivity index (χ3n) is 6.71. The molecule has 2 aliphatic rings. The average molecular weight is 463 g/mol. The minimum Gasteiger partial charge on any atom is -0.343 e. The quantitative estimate of drug-likeness (QED) is 0.510. The summed E-state index contributed by atoms with van der Waals surface area (Å²) in [5.74, 6) is -4.27. The zero-order chi connectivity index (χ0) is 23.7. The van der Waals surface area contributed by atoms with Gasteiger partial charge in [0.25, 0.3) is 5.91 Å². The van der Waals surface area contributed by atoms with E-state index in [9.17, 15) is 27.2 Å². The van der Waals surface area contributed by atoms with E-state index < -0.39 is 35.2 Å². The molecular weight excluding hydrogens is 438 g/mol. The van der Waals surface area contributed by atoms with Crippen molar-refractivity contribution < 1.29 is 27.2 Å². The van der Waals surface area contributed by atoms with Gasteiger partial charge in [-0.05, 0) is 73.9 Å². The number of benzene rings is 2. The van der Waals surface area contributed by atoms with Crippen molar-refractivity contribution in [1.82, 2.24) is 10.2 Å². The van der Waals surface area contributed by atoms with Crippen molar-refractivity contribution in [1.29, 1.82) is 0 Å². The summed E-state index contributed by atoms with van der Waals surface area (Å²) in [6.45, 7) is -0.167. The fourth-order valence-corrected chi connectivity index (χ4v) is 5.07. The molecule has 2 saturated heterocycles. The number of fused-ring (bicyclic) bond motifs is 2. The highest BCUT2D eigenvalue weighted by molar-refractivity contribution is 5.96. The summed E-state index contributed by atoms with van der Waals surface area (Å²) >= 11 is 0. The summed E-state index contributed by atoms with van der Waals surface area (Å²) < 4.78 is 53.7. The van der Waals surface area contributed by atoms with Crippen LogP contribution in [0.3, 0.4) is 0 Å². The van der Waals surface area contributed by atoms with Gasteiger partial charge in [0.05, 0.1) is 6.54 Å². The summed E-state index contributed by atoms with van der Waals surface area (Å²) in [4.78, 5) is 26.8. The first-order valence-electron chi connectivity index (χ1n) is 11.0. The Morgan fingerprint density at radius 2 is 1.58 bits per heavy atom. The van der Waals surface area contributed by atoms with Gasteiger partial charge in [0.2, 0.25) is 5.91 Å². The average Bonchev–Trinajstić information content (AvgIpc) is 3.05. The summed E-state index contributed by atoms with van der Waals surface area (Å²) in [7, 11) is 0. The predicted octanol–water partition coefficient (Wildman–Crippen LogP) is 3.31. The number of halogens is 4. The number of carbonyl (C=O) groups is 2. The maximum atomic E-state index is 14.0. The number of hydrogen-bond acceptors (Lipinski definition) is 3. The van der Waals surface area contributed by atoms with E-state index in [4.69, 9.17) is 5.73 Å². The van der Waals surface area contributed by atoms with Gasteiger partial charge >= 0.3 is 0 Å². The molecule has 9 heteroatoms. The fraction of sp³-hybridized carbons (Fsp3) is 0.417. The van der Waals surface area contributed by atoms with E-state index in [1.807, 2.05) is 0 Å². The standard InChI is InChI=1S/C24H25F4N3O2/c25-16-3-1-13(2-4-16)24(33)30-12-23(32)31-17-5-6-18(31)8-15(7-17)22(29)10-14-9-20(27)21(28)11-19(14)26/h1-4,9,11,15,17-18,22H,5-8,10,12,29H2,(H,30,33)/t15?,17-,18?,22?/m1/s1. The third kappa shape index (κ3) is 5.03. The Hall–Kier alpha value is -2.94. The van der Waals surface area contributed by atoms with Gasteiger partial charge in [-0.3, -0.25) is 9.59 Å². The highest BCUT2D eigenvalue weighted by Crippen LogP contribution is 2.40. The monoisotopic (exact) mass is 463 g/mol. The van der Waals surface area contributed by atoms with E-state index in [1.165, 1.54) is 24.3 Å². The van der Waals surface area contributed by atoms with E-state index >= 15 is 0 Å². The molecule has 0 radical (unpaired) electrons. The van der Waals surface area contributed by atoms with Gasteiger partial charge in [0.15, 0.2) is 11.6 Å². The molecule has 2 aliphatic heterocycles. The van der Waals surface area contributed by atoms with Crippen LogP contribution in [0.15, 0.2) is 36.4 Å². The van der Waals surface area contributed by atoms with E-state index in [0.717, 1.165) is 18.9 Å². The summed E-state index contributed by atoms with van der Waals surface area (Å²) in [6, 6.07) is 5.90. The molecule has 2 aromatic carbocycles. The third-order valence-corrected chi connectivity index (χ3v) is 6.71. The highest BCUT2D eigenvalue weighted by Gasteiger charge is 2.44. The second-order valence-corrected chi connectivity index (χ2v) is 8.83. The van der Waals surface area contributed by atoms with E-state index in [2.05, 4.69) is 5.32 Å². The van der Waals surface area contributed by atoms with Crippen LogP contribution in [0.1, 0.15) is 41.6 Å². The number of rotatable bonds is 6. The minimum atomic E-state index is -1.23. The highest BCUT2D eigenvalue weighted by atomic mass is 19.2. The largest absolute Gasteiger partial charge is 0.343 e. The Morgan fingerprint density at radius 3 is 2.21 bits per heavy atom. The van der Waals surface area contributed by atoms with Gasteiger partial charge in [0, 0.05) is 29.8 Å². The molecule has 2 bridgehead atoms. The summed E-state index contributed by atoms with van der Waals surface area (Å²) in [6.07, 6.45) is 2.95. The van der Waals surface area contributed by atoms with Crippen molar-refractivity contribution in [3.8, 4) is 0 Å². The van der Waals surface area contributed by atoms with Gasteiger partial charge in [0.1, 0.15) is 11.6 Å². The number of hydrogen-bond donors (Lipinski definition) is 2. The molecular formula is C24H25F4N3O2. The number of carbonyl (C=O) groups excluding carboxylic acids is 2. The molecule has 2 aromatic rings. The molecule has 4 rings (SSSR count). The smallest absolute Gasteiger partial charge is 0.251 e. The van der Waals surface area contributed by atoms with Crippen molar-refractivity contribution in [2.45, 2.75) is 50.2 Å². The lowest BCUT2D eigenvalue weighted by Gasteiger charge is -2.41. The van der Waals surface area contributed by atoms with Crippen molar-refractivity contribution in [3.63, 3.8) is 0 Å². The molecule has 33 heavy (non-hydrogen) atoms. The molecule has 3 unspecified atom stereocenters. The number of nitrogens with two attached hydrogens (primary N) is 1. The Bertz CT molecular complexity index is 1030. The second kappa shape index (κ2) is 9.51. The summed E-state index contributed by atoms with van der Waals surface area (Å²) in [5, 5.41) is 2.58. The second-order valence-electron chi connectivity index (χ2n) is 8.83. The molecule has 3 N–H and O–H groups in total. The lowest BCUT2D eigenvalue weighted by Crippen LogP contribution is -2.52. The fourth-order valence-electron chi connectivity index (χ4n) is 5.07. The predicted molar refractivity (Wildman–Crippen MR) is 113 cm³/mol. The van der Waals surface area contributed by atoms with Crippen LogP contribution < -0.4 is 11.1 Å². The molecule has 176 valence electrons. The maximum absolute atomic E-state index is 14.0. The SMILES string of the molecule is NC(Cc1cc(F)c(F)cc1F)C1CC2CC[C@H](C1)N2C(=O)CNC(=O)c1ccc(F)cc1. The number of nitrogens with one attached hydrogen (secondary N) is 1. The zero-order valence-corrected chi connectivity index (χ0v) is 17.9. The molecule has 5 nitrogen and oxygen atoms in total. The topological polar surface area (TPSA) is 75.4 Å². The van der Waals surface area contributed by atoms with Gasteiger partial charge in [-0.15, -0.1) is 0 Å². The molecule has 0 aromatic heterocycles. The van der Waals surface area contributed by atoms with Gasteiger partial charge in [-0.2, -0.15) is 0 Å². The first-order chi connectivity index (χ1) is 15.7. The van der Waals surface area contributed by atoms with Crippen LogP contribution in [-0.2, 0) is 11.2 Å². The van der Waals surface area contributed by atoms with E-state index in [0.29, 0.717) is 18.9 Å². The lowest BCUT2D eigenvalue weighted by atomic mass is 9.82. The molecule has 4 atom stereocenters. The molecule has 2 amide bonds. The number of amides is 2. The molecule has 0 spiro atoms. The van der Waals surface area contributed by atoms with Crippen LogP contribution in [-0.4, -0.2) is 41.4 Å². The van der Waals surface area contributed by atoms with Crippen LogP contribution in [0.4, 0.5) is 17.6 Å². The molecule has 2 fully saturated rings. The first kappa shape index (κ1) is 23.2. The van der Waals surface area contributed by atoms with Gasteiger partial charge < -0.3 is 16.0 Å². The Labute approximate surface area is 188 Å². The Balaban J connectivity index is 1.34. The van der Waals surface area contributed by atoms with Crippen LogP contribution in [0, 0.1) is 29.2 Å². The van der Waals surface area contributed by atoms with E-state index in [-0.39, 0.29) is 48.0 Å². The van der Waals surface area contributed by atoms with Crippen LogP contribution in [0.2, 0.25) is 0 Å². The minimum absolute atomic E-state index is 0.00729.